The molecular weight excluding hydrogens is 354 g/mol. The van der Waals surface area contributed by atoms with Crippen LogP contribution in [0.4, 0.5) is 0 Å². The molecule has 0 spiro atoms. The van der Waals surface area contributed by atoms with Crippen LogP contribution in [0.3, 0.4) is 0 Å². The number of sulfone groups is 1. The minimum absolute atomic E-state index is 0.0269. The number of benzene rings is 1. The fraction of sp³-hybridized carbons (Fsp3) is 0.500. The van der Waals surface area contributed by atoms with E-state index in [-0.39, 0.29) is 41.6 Å². The average Bonchev–Trinajstić information content (AvgIpc) is 3.35. The summed E-state index contributed by atoms with van der Waals surface area (Å²) in [6.45, 7) is 1.61. The predicted octanol–water partition coefficient (Wildman–Crippen LogP) is 0.883. The Morgan fingerprint density at radius 1 is 1.23 bits per heavy atom. The molecule has 4 rings (SSSR count). The van der Waals surface area contributed by atoms with Gasteiger partial charge in [-0.05, 0) is 38.3 Å². The van der Waals surface area contributed by atoms with Crippen LogP contribution in [-0.2, 0) is 21.2 Å². The van der Waals surface area contributed by atoms with Crippen molar-refractivity contribution in [1.29, 1.82) is 0 Å². The molecule has 1 aliphatic carbocycles. The van der Waals surface area contributed by atoms with Gasteiger partial charge in [0.2, 0.25) is 5.91 Å². The van der Waals surface area contributed by atoms with Crippen LogP contribution in [0.25, 0.3) is 10.9 Å². The number of carbonyl (C=O) groups excluding carboxylic acids is 1. The lowest BCUT2D eigenvalue weighted by Crippen LogP contribution is -2.45. The van der Waals surface area contributed by atoms with Gasteiger partial charge in [0, 0.05) is 12.1 Å². The third-order valence-corrected chi connectivity index (χ3v) is 6.93. The quantitative estimate of drug-likeness (QED) is 0.791. The van der Waals surface area contributed by atoms with E-state index in [2.05, 4.69) is 4.98 Å². The van der Waals surface area contributed by atoms with Crippen LogP contribution < -0.4 is 5.56 Å². The number of amides is 1. The Hall–Kier alpha value is -2.22. The van der Waals surface area contributed by atoms with Gasteiger partial charge in [-0.2, -0.15) is 0 Å². The highest BCUT2D eigenvalue weighted by molar-refractivity contribution is 7.91. The molecule has 1 saturated heterocycles. The van der Waals surface area contributed by atoms with Crippen molar-refractivity contribution in [2.45, 2.75) is 44.8 Å². The number of fused-ring (bicyclic) bond motifs is 1. The third kappa shape index (κ3) is 3.13. The highest BCUT2D eigenvalue weighted by atomic mass is 32.2. The smallest absolute Gasteiger partial charge is 0.261 e. The molecule has 1 atom stereocenters. The zero-order valence-electron chi connectivity index (χ0n) is 14.6. The molecule has 7 nitrogen and oxygen atoms in total. The van der Waals surface area contributed by atoms with Gasteiger partial charge in [0.15, 0.2) is 9.84 Å². The molecule has 2 aromatic rings. The van der Waals surface area contributed by atoms with Gasteiger partial charge in [0.05, 0.1) is 22.4 Å². The van der Waals surface area contributed by atoms with Gasteiger partial charge in [0.25, 0.3) is 5.56 Å². The molecule has 1 aromatic carbocycles. The lowest BCUT2D eigenvalue weighted by atomic mass is 10.2. The van der Waals surface area contributed by atoms with Crippen molar-refractivity contribution in [3.8, 4) is 0 Å². The second kappa shape index (κ2) is 6.19. The van der Waals surface area contributed by atoms with Gasteiger partial charge in [0.1, 0.15) is 12.4 Å². The van der Waals surface area contributed by atoms with E-state index in [1.165, 1.54) is 4.57 Å². The summed E-state index contributed by atoms with van der Waals surface area (Å²) in [5, 5.41) is 0.479. The van der Waals surface area contributed by atoms with Crippen LogP contribution >= 0.6 is 0 Å². The van der Waals surface area contributed by atoms with E-state index in [0.29, 0.717) is 23.1 Å². The second-order valence-corrected chi connectivity index (χ2v) is 9.39. The largest absolute Gasteiger partial charge is 0.334 e. The standard InChI is InChI=1S/C18H21N3O4S/c1-12-19-16-5-3-2-4-15(16)18(23)20(12)10-17(22)21(13-6-7-13)14-8-9-26(24,25)11-14/h2-5,13-14H,6-11H2,1H3/t14-/m0/s1. The van der Waals surface area contributed by atoms with Gasteiger partial charge in [-0.1, -0.05) is 12.1 Å². The maximum Gasteiger partial charge on any atom is 0.261 e. The van der Waals surface area contributed by atoms with Gasteiger partial charge in [-0.15, -0.1) is 0 Å². The van der Waals surface area contributed by atoms with E-state index in [1.54, 1.807) is 30.0 Å². The van der Waals surface area contributed by atoms with Crippen LogP contribution in [0.5, 0.6) is 0 Å². The van der Waals surface area contributed by atoms with Crippen LogP contribution in [0.1, 0.15) is 25.1 Å². The normalized spacial score (nSPS) is 21.8. The van der Waals surface area contributed by atoms with E-state index < -0.39 is 9.84 Å². The lowest BCUT2D eigenvalue weighted by Gasteiger charge is -2.28. The number of rotatable bonds is 4. The molecule has 0 N–H and O–H groups in total. The highest BCUT2D eigenvalue weighted by Crippen LogP contribution is 2.32. The molecule has 1 saturated carbocycles. The lowest BCUT2D eigenvalue weighted by molar-refractivity contribution is -0.134. The Morgan fingerprint density at radius 2 is 1.96 bits per heavy atom. The zero-order valence-corrected chi connectivity index (χ0v) is 15.4. The molecule has 0 bridgehead atoms. The van der Waals surface area contributed by atoms with E-state index >= 15 is 0 Å². The molecule has 2 heterocycles. The highest BCUT2D eigenvalue weighted by Gasteiger charge is 2.42. The summed E-state index contributed by atoms with van der Waals surface area (Å²) in [6.07, 6.45) is 2.27. The number of aryl methyl sites for hydroxylation is 1. The Bertz CT molecular complexity index is 1040. The topological polar surface area (TPSA) is 89.3 Å². The van der Waals surface area contributed by atoms with Gasteiger partial charge >= 0.3 is 0 Å². The third-order valence-electron chi connectivity index (χ3n) is 5.18. The van der Waals surface area contributed by atoms with Gasteiger partial charge in [-0.25, -0.2) is 13.4 Å². The molecule has 26 heavy (non-hydrogen) atoms. The Morgan fingerprint density at radius 3 is 2.62 bits per heavy atom. The van der Waals surface area contributed by atoms with E-state index in [1.807, 2.05) is 6.07 Å². The Kier molecular flexibility index (Phi) is 4.10. The molecular formula is C18H21N3O4S. The van der Waals surface area contributed by atoms with Crippen molar-refractivity contribution in [2.24, 2.45) is 0 Å². The summed E-state index contributed by atoms with van der Waals surface area (Å²) in [5.74, 6) is 0.442. The summed E-state index contributed by atoms with van der Waals surface area (Å²) >= 11 is 0. The minimum atomic E-state index is -3.07. The minimum Gasteiger partial charge on any atom is -0.334 e. The van der Waals surface area contributed by atoms with Crippen molar-refractivity contribution in [1.82, 2.24) is 14.5 Å². The SMILES string of the molecule is Cc1nc2ccccc2c(=O)n1CC(=O)N(C1CC1)[C@H]1CCS(=O)(=O)C1. The molecule has 0 radical (unpaired) electrons. The van der Waals surface area contributed by atoms with Crippen LogP contribution in [0, 0.1) is 6.92 Å². The fourth-order valence-corrected chi connectivity index (χ4v) is 5.45. The number of hydrogen-bond acceptors (Lipinski definition) is 5. The molecule has 1 aromatic heterocycles. The maximum absolute atomic E-state index is 13.0. The summed E-state index contributed by atoms with van der Waals surface area (Å²) in [7, 11) is -3.07. The van der Waals surface area contributed by atoms with Gasteiger partial charge < -0.3 is 4.90 Å². The van der Waals surface area contributed by atoms with Crippen molar-refractivity contribution in [3.63, 3.8) is 0 Å². The zero-order chi connectivity index (χ0) is 18.5. The van der Waals surface area contributed by atoms with Crippen LogP contribution in [0.2, 0.25) is 0 Å². The Labute approximate surface area is 151 Å². The number of hydrogen-bond donors (Lipinski definition) is 0. The Balaban J connectivity index is 1.65. The van der Waals surface area contributed by atoms with Crippen molar-refractivity contribution in [2.75, 3.05) is 11.5 Å². The molecule has 1 amide bonds. The molecule has 138 valence electrons. The summed E-state index contributed by atoms with van der Waals surface area (Å²) in [4.78, 5) is 31.9. The van der Waals surface area contributed by atoms with Crippen LogP contribution in [0.15, 0.2) is 29.1 Å². The monoisotopic (exact) mass is 375 g/mol. The number of aromatic nitrogens is 2. The fourth-order valence-electron chi connectivity index (χ4n) is 3.74. The van der Waals surface area contributed by atoms with Gasteiger partial charge in [-0.3, -0.25) is 14.2 Å². The first kappa shape index (κ1) is 17.2. The number of carbonyl (C=O) groups is 1. The first-order valence-electron chi connectivity index (χ1n) is 8.83. The molecule has 1 aliphatic heterocycles. The summed E-state index contributed by atoms with van der Waals surface area (Å²) in [5.41, 5.74) is 0.371. The first-order valence-corrected chi connectivity index (χ1v) is 10.7. The first-order chi connectivity index (χ1) is 12.4. The summed E-state index contributed by atoms with van der Waals surface area (Å²) in [6, 6.07) is 6.89. The van der Waals surface area contributed by atoms with Crippen molar-refractivity contribution < 1.29 is 13.2 Å². The van der Waals surface area contributed by atoms with Crippen molar-refractivity contribution >= 4 is 26.6 Å². The van der Waals surface area contributed by atoms with E-state index in [4.69, 9.17) is 0 Å². The summed E-state index contributed by atoms with van der Waals surface area (Å²) < 4.78 is 25.0. The average molecular weight is 375 g/mol. The van der Waals surface area contributed by atoms with Crippen LogP contribution in [-0.4, -0.2) is 52.4 Å². The molecule has 8 heteroatoms. The number of nitrogens with zero attached hydrogens (tertiary/aromatic N) is 3. The van der Waals surface area contributed by atoms with E-state index in [9.17, 15) is 18.0 Å². The molecule has 2 fully saturated rings. The molecule has 0 unspecified atom stereocenters. The number of para-hydroxylation sites is 1. The second-order valence-electron chi connectivity index (χ2n) is 7.16. The molecule has 2 aliphatic rings. The van der Waals surface area contributed by atoms with E-state index in [0.717, 1.165) is 12.8 Å². The van der Waals surface area contributed by atoms with Crippen molar-refractivity contribution in [3.05, 3.63) is 40.4 Å². The predicted molar refractivity (Wildman–Crippen MR) is 97.7 cm³/mol. The maximum atomic E-state index is 13.0.